The van der Waals surface area contributed by atoms with Gasteiger partial charge in [0.05, 0.1) is 0 Å². The van der Waals surface area contributed by atoms with E-state index in [1.807, 2.05) is 26.8 Å². The topological polar surface area (TPSA) is 66.4 Å². The van der Waals surface area contributed by atoms with Gasteiger partial charge >= 0.3 is 5.97 Å². The number of hydrogen-bond acceptors (Lipinski definition) is 2. The highest BCUT2D eigenvalue weighted by Crippen LogP contribution is 2.24. The first-order valence-electron chi connectivity index (χ1n) is 7.29. The summed E-state index contributed by atoms with van der Waals surface area (Å²) in [5.74, 6) is -1.43. The summed E-state index contributed by atoms with van der Waals surface area (Å²) in [6.45, 7) is 7.85. The quantitative estimate of drug-likeness (QED) is 0.471. The summed E-state index contributed by atoms with van der Waals surface area (Å²) in [6.07, 6.45) is 10.4. The zero-order chi connectivity index (χ0) is 17.2. The van der Waals surface area contributed by atoms with E-state index in [2.05, 4.69) is 40.3 Å². The number of carbonyl (C=O) groups is 2. The molecule has 0 rings (SSSR count). The number of halogens is 1. The molecular weight excluding hydrogens is 346 g/mol. The van der Waals surface area contributed by atoms with E-state index in [0.717, 1.165) is 23.7 Å². The van der Waals surface area contributed by atoms with Crippen LogP contribution in [0.2, 0.25) is 0 Å². The number of allylic oxidation sites excluding steroid dienone is 5. The van der Waals surface area contributed by atoms with E-state index < -0.39 is 5.97 Å². The van der Waals surface area contributed by atoms with E-state index in [1.165, 1.54) is 11.6 Å². The minimum atomic E-state index is -1.05. The molecule has 0 fully saturated rings. The number of hydrogen-bond donors (Lipinski definition) is 2. The molecule has 0 aliphatic heterocycles. The van der Waals surface area contributed by atoms with Gasteiger partial charge in [-0.2, -0.15) is 0 Å². The van der Waals surface area contributed by atoms with Crippen molar-refractivity contribution < 1.29 is 14.7 Å². The Labute approximate surface area is 141 Å². The van der Waals surface area contributed by atoms with Gasteiger partial charge in [0.1, 0.15) is 6.54 Å². The number of carbonyl (C=O) groups excluding carboxylic acids is 1. The van der Waals surface area contributed by atoms with Crippen molar-refractivity contribution in [3.63, 3.8) is 0 Å². The number of carboxylic acids is 1. The molecule has 0 aromatic heterocycles. The molecule has 0 aromatic carbocycles. The minimum Gasteiger partial charge on any atom is -0.480 e. The summed E-state index contributed by atoms with van der Waals surface area (Å²) in [7, 11) is 0. The molecule has 0 bridgehead atoms. The third-order valence-corrected chi connectivity index (χ3v) is 3.36. The lowest BCUT2D eigenvalue weighted by Gasteiger charge is -2.18. The van der Waals surface area contributed by atoms with Crippen LogP contribution >= 0.6 is 15.9 Å². The number of nitrogens with one attached hydrogen (secondary N) is 1. The van der Waals surface area contributed by atoms with Crippen molar-refractivity contribution in [1.82, 2.24) is 5.32 Å². The second kappa shape index (κ2) is 10.4. The van der Waals surface area contributed by atoms with Gasteiger partial charge in [-0.15, -0.1) is 0 Å². The normalized spacial score (nSPS) is 13.5. The molecule has 0 aliphatic carbocycles. The molecule has 1 amide bonds. The Bertz CT molecular complexity index is 472. The van der Waals surface area contributed by atoms with Gasteiger partial charge in [0.25, 0.3) is 0 Å². The van der Waals surface area contributed by atoms with E-state index in [0.29, 0.717) is 0 Å². The Morgan fingerprint density at radius 2 is 1.86 bits per heavy atom. The predicted octanol–water partition coefficient (Wildman–Crippen LogP) is 4.18. The second-order valence-corrected chi connectivity index (χ2v) is 7.27. The summed E-state index contributed by atoms with van der Waals surface area (Å²) >= 11 is 3.41. The average Bonchev–Trinajstić information content (AvgIpc) is 2.40. The smallest absolute Gasteiger partial charge is 0.322 e. The van der Waals surface area contributed by atoms with Crippen LogP contribution in [0.1, 0.15) is 47.0 Å². The molecule has 0 aromatic rings. The minimum absolute atomic E-state index is 0.150. The molecule has 124 valence electrons. The first-order valence-corrected chi connectivity index (χ1v) is 8.08. The average molecular weight is 372 g/mol. The van der Waals surface area contributed by atoms with Crippen molar-refractivity contribution in [2.45, 2.75) is 47.0 Å². The molecule has 0 spiro atoms. The van der Waals surface area contributed by atoms with Gasteiger partial charge in [-0.05, 0) is 49.1 Å². The van der Waals surface area contributed by atoms with E-state index in [-0.39, 0.29) is 17.9 Å². The lowest BCUT2D eigenvalue weighted by Crippen LogP contribution is -2.27. The summed E-state index contributed by atoms with van der Waals surface area (Å²) < 4.78 is 1.15. The van der Waals surface area contributed by atoms with Crippen molar-refractivity contribution in [3.8, 4) is 0 Å². The summed E-state index contributed by atoms with van der Waals surface area (Å²) in [5.41, 5.74) is 1.17. The molecule has 2 N–H and O–H groups in total. The standard InChI is InChI=1S/C17H26BrNO3/c1-13(6-5-7-14(2)18)8-10-17(3,4)11-9-15(20)19-12-16(21)22/h7-9,11H,5-6,10,12H2,1-4H3,(H,19,20)(H,21,22)/b11-9+,13-8+,14-7+. The maximum absolute atomic E-state index is 11.4. The number of aliphatic carboxylic acids is 1. The lowest BCUT2D eigenvalue weighted by atomic mass is 9.87. The maximum atomic E-state index is 11.4. The lowest BCUT2D eigenvalue weighted by molar-refractivity contribution is -0.137. The molecule has 0 saturated carbocycles. The molecule has 0 radical (unpaired) electrons. The van der Waals surface area contributed by atoms with Crippen LogP contribution in [0.5, 0.6) is 0 Å². The van der Waals surface area contributed by atoms with Crippen molar-refractivity contribution >= 4 is 27.8 Å². The van der Waals surface area contributed by atoms with Crippen LogP contribution < -0.4 is 5.32 Å². The maximum Gasteiger partial charge on any atom is 0.322 e. The molecule has 0 unspecified atom stereocenters. The van der Waals surface area contributed by atoms with Crippen LogP contribution in [0, 0.1) is 5.41 Å². The highest BCUT2D eigenvalue weighted by Gasteiger charge is 2.12. The van der Waals surface area contributed by atoms with E-state index >= 15 is 0 Å². The Hall–Kier alpha value is -1.36. The van der Waals surface area contributed by atoms with Gasteiger partial charge in [0.15, 0.2) is 0 Å². The fourth-order valence-corrected chi connectivity index (χ4v) is 1.86. The summed E-state index contributed by atoms with van der Waals surface area (Å²) in [6, 6.07) is 0. The van der Waals surface area contributed by atoms with Gasteiger partial charge in [0.2, 0.25) is 5.91 Å². The number of amides is 1. The van der Waals surface area contributed by atoms with Gasteiger partial charge < -0.3 is 10.4 Å². The van der Waals surface area contributed by atoms with Crippen LogP contribution in [0.25, 0.3) is 0 Å². The van der Waals surface area contributed by atoms with E-state index in [1.54, 1.807) is 0 Å². The molecular formula is C17H26BrNO3. The van der Waals surface area contributed by atoms with Crippen LogP contribution in [0.15, 0.2) is 34.4 Å². The first-order chi connectivity index (χ1) is 10.1. The third-order valence-electron chi connectivity index (χ3n) is 3.04. The molecule has 0 saturated heterocycles. The second-order valence-electron chi connectivity index (χ2n) is 6.02. The summed E-state index contributed by atoms with van der Waals surface area (Å²) in [4.78, 5) is 21.8. The largest absolute Gasteiger partial charge is 0.480 e. The third kappa shape index (κ3) is 12.4. The molecule has 5 heteroatoms. The first kappa shape index (κ1) is 20.6. The van der Waals surface area contributed by atoms with Gasteiger partial charge in [0, 0.05) is 0 Å². The highest BCUT2D eigenvalue weighted by molar-refractivity contribution is 9.11. The molecule has 22 heavy (non-hydrogen) atoms. The van der Waals surface area contributed by atoms with Gasteiger partial charge in [-0.1, -0.05) is 53.6 Å². The Morgan fingerprint density at radius 3 is 2.41 bits per heavy atom. The number of rotatable bonds is 9. The van der Waals surface area contributed by atoms with Crippen molar-refractivity contribution in [2.75, 3.05) is 6.54 Å². The Kier molecular flexibility index (Phi) is 9.74. The zero-order valence-electron chi connectivity index (χ0n) is 13.8. The van der Waals surface area contributed by atoms with Crippen LogP contribution in [0.3, 0.4) is 0 Å². The fourth-order valence-electron chi connectivity index (χ4n) is 1.63. The van der Waals surface area contributed by atoms with Crippen molar-refractivity contribution in [2.24, 2.45) is 5.41 Å². The molecule has 0 aliphatic rings. The predicted molar refractivity (Wildman–Crippen MR) is 93.9 cm³/mol. The molecule has 0 atom stereocenters. The fraction of sp³-hybridized carbons (Fsp3) is 0.529. The van der Waals surface area contributed by atoms with Gasteiger partial charge in [-0.25, -0.2) is 0 Å². The molecule has 4 nitrogen and oxygen atoms in total. The SMILES string of the molecule is C/C(Br)=C\CC/C(C)=C/CC(C)(C)/C=C/C(=O)NCC(=O)O. The van der Waals surface area contributed by atoms with Crippen molar-refractivity contribution in [3.05, 3.63) is 34.4 Å². The van der Waals surface area contributed by atoms with Crippen LogP contribution in [-0.4, -0.2) is 23.5 Å². The summed E-state index contributed by atoms with van der Waals surface area (Å²) in [5, 5.41) is 10.8. The Morgan fingerprint density at radius 1 is 1.23 bits per heavy atom. The van der Waals surface area contributed by atoms with E-state index in [4.69, 9.17) is 5.11 Å². The monoisotopic (exact) mass is 371 g/mol. The van der Waals surface area contributed by atoms with E-state index in [9.17, 15) is 9.59 Å². The molecule has 0 heterocycles. The van der Waals surface area contributed by atoms with Gasteiger partial charge in [-0.3, -0.25) is 9.59 Å². The zero-order valence-corrected chi connectivity index (χ0v) is 15.4. The van der Waals surface area contributed by atoms with Crippen molar-refractivity contribution in [1.29, 1.82) is 0 Å². The Balaban J connectivity index is 4.35. The van der Waals surface area contributed by atoms with Crippen LogP contribution in [0.4, 0.5) is 0 Å². The highest BCUT2D eigenvalue weighted by atomic mass is 79.9. The number of carboxylic acid groups (broad SMARTS) is 1. The van der Waals surface area contributed by atoms with Crippen LogP contribution in [-0.2, 0) is 9.59 Å².